The summed E-state index contributed by atoms with van der Waals surface area (Å²) in [6.07, 6.45) is 4.38. The van der Waals surface area contributed by atoms with Crippen molar-refractivity contribution in [2.45, 2.75) is 84.8 Å². The second-order valence-corrected chi connectivity index (χ2v) is 11.5. The topological polar surface area (TPSA) is 105 Å². The molecule has 0 saturated carbocycles. The molecule has 4 rings (SSSR count). The molecule has 234 valence electrons. The van der Waals surface area contributed by atoms with Crippen molar-refractivity contribution < 1.29 is 29.0 Å². The number of unbranched alkanes of at least 4 members (excludes halogenated alkanes) is 1. The molecule has 0 spiro atoms. The average Bonchev–Trinajstić information content (AvgIpc) is 3.02. The Hall–Kier alpha value is -4.33. The lowest BCUT2D eigenvalue weighted by atomic mass is 9.91. The van der Waals surface area contributed by atoms with Gasteiger partial charge >= 0.3 is 12.1 Å². The van der Waals surface area contributed by atoms with Crippen molar-refractivity contribution in [1.29, 1.82) is 0 Å². The predicted octanol–water partition coefficient (Wildman–Crippen LogP) is 7.37. The van der Waals surface area contributed by atoms with Crippen molar-refractivity contribution in [1.82, 2.24) is 5.32 Å². The number of ether oxygens (including phenoxy) is 2. The van der Waals surface area contributed by atoms with Crippen LogP contribution in [0.4, 0.5) is 10.5 Å². The summed E-state index contributed by atoms with van der Waals surface area (Å²) in [5.74, 6) is 0.0155. The largest absolute Gasteiger partial charge is 0.493 e. The Bertz CT molecular complexity index is 1450. The number of aliphatic carboxylic acids is 1. The maximum atomic E-state index is 13.3. The number of carbonyl (C=O) groups excluding carboxylic acids is 2. The normalized spacial score (nSPS) is 13.1. The zero-order valence-electron chi connectivity index (χ0n) is 26.1. The summed E-state index contributed by atoms with van der Waals surface area (Å²) in [4.78, 5) is 38.8. The number of aryl methyl sites for hydroxylation is 1. The van der Waals surface area contributed by atoms with Crippen LogP contribution >= 0.6 is 0 Å². The Morgan fingerprint density at radius 1 is 1.02 bits per heavy atom. The summed E-state index contributed by atoms with van der Waals surface area (Å²) in [5, 5.41) is 11.9. The molecule has 1 unspecified atom stereocenters. The zero-order chi connectivity index (χ0) is 31.5. The van der Waals surface area contributed by atoms with E-state index in [4.69, 9.17) is 14.6 Å². The molecule has 1 aliphatic rings. The van der Waals surface area contributed by atoms with Gasteiger partial charge in [-0.1, -0.05) is 62.2 Å². The molecule has 1 aliphatic heterocycles. The van der Waals surface area contributed by atoms with Crippen LogP contribution < -0.4 is 15.0 Å². The highest BCUT2D eigenvalue weighted by Gasteiger charge is 2.24. The Kier molecular flexibility index (Phi) is 11.8. The summed E-state index contributed by atoms with van der Waals surface area (Å²) in [5.41, 5.74) is 7.28. The second kappa shape index (κ2) is 15.9. The molecule has 3 aromatic rings. The molecule has 8 nitrogen and oxygen atoms in total. The van der Waals surface area contributed by atoms with Crippen molar-refractivity contribution in [2.24, 2.45) is 0 Å². The molecular weight excluding hydrogens is 556 g/mol. The number of alkyl carbamates (subject to hydrolysis) is 1. The minimum Gasteiger partial charge on any atom is -0.493 e. The summed E-state index contributed by atoms with van der Waals surface area (Å²) in [6.45, 7) is 7.38. The molecule has 2 amide bonds. The van der Waals surface area contributed by atoms with Crippen LogP contribution in [-0.2, 0) is 27.4 Å². The summed E-state index contributed by atoms with van der Waals surface area (Å²) < 4.78 is 11.4. The SMILES string of the molecule is CCCCC(CC(=O)O)NC(=O)OCc1cccc(-c2cccc3c2CCCN3C(=O)CCCOc2cccc(C)c2C)c1. The molecule has 0 saturated heterocycles. The fourth-order valence-electron chi connectivity index (χ4n) is 5.65. The Morgan fingerprint density at radius 3 is 2.61 bits per heavy atom. The third-order valence-corrected chi connectivity index (χ3v) is 8.16. The van der Waals surface area contributed by atoms with Crippen LogP contribution in [0.15, 0.2) is 60.7 Å². The van der Waals surface area contributed by atoms with E-state index in [0.29, 0.717) is 32.4 Å². The van der Waals surface area contributed by atoms with Gasteiger partial charge in [-0.3, -0.25) is 9.59 Å². The van der Waals surface area contributed by atoms with Crippen LogP contribution in [0, 0.1) is 13.8 Å². The van der Waals surface area contributed by atoms with E-state index in [9.17, 15) is 14.4 Å². The van der Waals surface area contributed by atoms with Crippen molar-refractivity contribution in [3.8, 4) is 16.9 Å². The maximum Gasteiger partial charge on any atom is 0.407 e. The molecule has 2 N–H and O–H groups in total. The third-order valence-electron chi connectivity index (χ3n) is 8.16. The standard InChI is InChI=1S/C36H44N2O6/c1-4-5-14-29(23-35(40)41)37-36(42)44-24-27-12-7-13-28(22-27)30-15-8-17-32-31(30)16-9-20-38(32)34(39)19-10-21-43-33-18-6-11-25(2)26(33)3/h6-8,11-13,15,17-18,22,29H,4-5,9-10,14,16,19-21,23-24H2,1-3H3,(H,37,42)(H,40,41). The van der Waals surface area contributed by atoms with E-state index in [-0.39, 0.29) is 18.9 Å². The molecule has 3 aromatic carbocycles. The number of hydrogen-bond acceptors (Lipinski definition) is 5. The smallest absolute Gasteiger partial charge is 0.407 e. The summed E-state index contributed by atoms with van der Waals surface area (Å²) in [6, 6.07) is 19.5. The van der Waals surface area contributed by atoms with Crippen molar-refractivity contribution >= 4 is 23.7 Å². The summed E-state index contributed by atoms with van der Waals surface area (Å²) in [7, 11) is 0. The average molecular weight is 601 g/mol. The van der Waals surface area contributed by atoms with Crippen LogP contribution in [0.2, 0.25) is 0 Å². The number of hydrogen-bond donors (Lipinski definition) is 2. The Labute approximate surface area is 260 Å². The third kappa shape index (κ3) is 8.85. The van der Waals surface area contributed by atoms with E-state index < -0.39 is 18.1 Å². The lowest BCUT2D eigenvalue weighted by Gasteiger charge is -2.31. The second-order valence-electron chi connectivity index (χ2n) is 11.5. The number of amides is 2. The number of carboxylic acids is 1. The number of benzene rings is 3. The van der Waals surface area contributed by atoms with Gasteiger partial charge in [0.05, 0.1) is 13.0 Å². The number of nitrogens with zero attached hydrogens (tertiary/aromatic N) is 1. The molecule has 0 aromatic heterocycles. The van der Waals surface area contributed by atoms with E-state index >= 15 is 0 Å². The molecule has 0 radical (unpaired) electrons. The highest BCUT2D eigenvalue weighted by atomic mass is 16.5. The first kappa shape index (κ1) is 32.6. The van der Waals surface area contributed by atoms with Crippen LogP contribution in [0.25, 0.3) is 11.1 Å². The predicted molar refractivity (Wildman–Crippen MR) is 172 cm³/mol. The number of rotatable bonds is 14. The van der Waals surface area contributed by atoms with Crippen molar-refractivity contribution in [3.05, 3.63) is 82.9 Å². The molecule has 1 atom stereocenters. The monoisotopic (exact) mass is 600 g/mol. The number of carbonyl (C=O) groups is 3. The number of nitrogens with one attached hydrogen (secondary N) is 1. The first-order chi connectivity index (χ1) is 21.3. The van der Waals surface area contributed by atoms with Gasteiger partial charge in [-0.05, 0) is 91.1 Å². The molecule has 0 fully saturated rings. The van der Waals surface area contributed by atoms with Gasteiger partial charge in [0.15, 0.2) is 0 Å². The fraction of sp³-hybridized carbons (Fsp3) is 0.417. The lowest BCUT2D eigenvalue weighted by Crippen LogP contribution is -2.36. The minimum absolute atomic E-state index is 0.0665. The molecule has 0 aliphatic carbocycles. The van der Waals surface area contributed by atoms with Gasteiger partial charge in [0.2, 0.25) is 5.91 Å². The quantitative estimate of drug-likeness (QED) is 0.187. The van der Waals surface area contributed by atoms with Crippen LogP contribution in [0.1, 0.15) is 74.1 Å². The van der Waals surface area contributed by atoms with Crippen LogP contribution in [0.5, 0.6) is 5.75 Å². The highest BCUT2D eigenvalue weighted by molar-refractivity contribution is 5.96. The maximum absolute atomic E-state index is 13.3. The van der Waals surface area contributed by atoms with Crippen LogP contribution in [-0.4, -0.2) is 42.3 Å². The number of fused-ring (bicyclic) bond motifs is 1. The Balaban J connectivity index is 1.38. The van der Waals surface area contributed by atoms with E-state index in [0.717, 1.165) is 64.9 Å². The first-order valence-corrected chi connectivity index (χ1v) is 15.6. The molecule has 8 heteroatoms. The van der Waals surface area contributed by atoms with Gasteiger partial charge in [0, 0.05) is 24.7 Å². The summed E-state index contributed by atoms with van der Waals surface area (Å²) >= 11 is 0. The van der Waals surface area contributed by atoms with Gasteiger partial charge in [-0.2, -0.15) is 0 Å². The zero-order valence-corrected chi connectivity index (χ0v) is 26.1. The fourth-order valence-corrected chi connectivity index (χ4v) is 5.65. The molecule has 1 heterocycles. The van der Waals surface area contributed by atoms with Crippen molar-refractivity contribution in [2.75, 3.05) is 18.1 Å². The van der Waals surface area contributed by atoms with Gasteiger partial charge in [0.1, 0.15) is 12.4 Å². The number of carboxylic acid groups (broad SMARTS) is 1. The lowest BCUT2D eigenvalue weighted by molar-refractivity contribution is -0.137. The highest BCUT2D eigenvalue weighted by Crippen LogP contribution is 2.36. The van der Waals surface area contributed by atoms with Gasteiger partial charge in [-0.15, -0.1) is 0 Å². The van der Waals surface area contributed by atoms with E-state index in [1.54, 1.807) is 0 Å². The van der Waals surface area contributed by atoms with E-state index in [2.05, 4.69) is 24.4 Å². The van der Waals surface area contributed by atoms with Crippen molar-refractivity contribution in [3.63, 3.8) is 0 Å². The molecule has 0 bridgehead atoms. The Morgan fingerprint density at radius 2 is 1.82 bits per heavy atom. The van der Waals surface area contributed by atoms with Gasteiger partial charge in [0.25, 0.3) is 0 Å². The molecule has 44 heavy (non-hydrogen) atoms. The first-order valence-electron chi connectivity index (χ1n) is 15.6. The minimum atomic E-state index is -0.951. The van der Waals surface area contributed by atoms with Crippen LogP contribution in [0.3, 0.4) is 0 Å². The number of anilines is 1. The van der Waals surface area contributed by atoms with E-state index in [1.807, 2.05) is 67.3 Å². The van der Waals surface area contributed by atoms with Gasteiger partial charge in [-0.25, -0.2) is 4.79 Å². The van der Waals surface area contributed by atoms with E-state index in [1.165, 1.54) is 5.56 Å². The molecular formula is C36H44N2O6. The van der Waals surface area contributed by atoms with Gasteiger partial charge < -0.3 is 24.8 Å².